The number of carboxylic acid groups (broad SMARTS) is 1. The number of aromatic nitrogens is 2. The minimum atomic E-state index is -1.06. The number of carbonyl (C=O) groups is 1. The molecule has 0 saturated heterocycles. The van der Waals surface area contributed by atoms with E-state index >= 15 is 0 Å². The van der Waals surface area contributed by atoms with Gasteiger partial charge in [0.2, 0.25) is 5.95 Å². The van der Waals surface area contributed by atoms with Gasteiger partial charge in [-0.25, -0.2) is 14.8 Å². The number of nitrogens with zero attached hydrogens (tertiary/aromatic N) is 2. The first kappa shape index (κ1) is 12.7. The molecule has 7 heteroatoms. The molecular weight excluding hydrogens is 282 g/mol. The van der Waals surface area contributed by atoms with Gasteiger partial charge in [-0.3, -0.25) is 0 Å². The third-order valence-corrected chi connectivity index (χ3v) is 3.30. The lowest BCUT2D eigenvalue weighted by atomic mass is 10.1. The maximum absolute atomic E-state index is 10.7. The van der Waals surface area contributed by atoms with Crippen LogP contribution in [0.15, 0.2) is 30.6 Å². The van der Waals surface area contributed by atoms with E-state index in [9.17, 15) is 4.79 Å². The van der Waals surface area contributed by atoms with Gasteiger partial charge in [-0.2, -0.15) is 0 Å². The zero-order valence-electron chi connectivity index (χ0n) is 10.2. The Balaban J connectivity index is 1.82. The summed E-state index contributed by atoms with van der Waals surface area (Å²) in [7, 11) is 0. The molecular formula is C13H10ClN3O3. The average molecular weight is 292 g/mol. The van der Waals surface area contributed by atoms with Crippen molar-refractivity contribution in [2.75, 3.05) is 11.9 Å². The molecule has 6 nitrogen and oxygen atoms in total. The van der Waals surface area contributed by atoms with Crippen molar-refractivity contribution in [3.8, 4) is 5.75 Å². The molecule has 0 aliphatic carbocycles. The Hall–Kier alpha value is -2.34. The molecule has 0 amide bonds. The number of carboxylic acids is 1. The summed E-state index contributed by atoms with van der Waals surface area (Å²) in [4.78, 5) is 18.7. The molecule has 1 atom stereocenters. The second kappa shape index (κ2) is 4.97. The third kappa shape index (κ3) is 2.25. The number of fused-ring (bicyclic) bond motifs is 1. The number of rotatable bonds is 3. The van der Waals surface area contributed by atoms with Gasteiger partial charge in [0.15, 0.2) is 0 Å². The number of anilines is 1. The fourth-order valence-electron chi connectivity index (χ4n) is 2.02. The first-order valence-corrected chi connectivity index (χ1v) is 6.26. The number of ether oxygens (including phenoxy) is 1. The zero-order valence-corrected chi connectivity index (χ0v) is 11.0. The van der Waals surface area contributed by atoms with E-state index in [2.05, 4.69) is 15.3 Å². The van der Waals surface area contributed by atoms with E-state index in [1.165, 1.54) is 12.4 Å². The van der Waals surface area contributed by atoms with Crippen molar-refractivity contribution in [1.29, 1.82) is 0 Å². The lowest BCUT2D eigenvalue weighted by Crippen LogP contribution is -2.14. The number of nitrogens with one attached hydrogen (secondary N) is 1. The summed E-state index contributed by atoms with van der Waals surface area (Å²) in [5.74, 6) is 0.00247. The summed E-state index contributed by atoms with van der Waals surface area (Å²) >= 11 is 6.16. The van der Waals surface area contributed by atoms with Crippen molar-refractivity contribution in [3.63, 3.8) is 0 Å². The Morgan fingerprint density at radius 1 is 1.40 bits per heavy atom. The van der Waals surface area contributed by atoms with E-state index in [0.29, 0.717) is 17.6 Å². The van der Waals surface area contributed by atoms with Gasteiger partial charge in [0.1, 0.15) is 12.4 Å². The number of halogens is 1. The highest BCUT2D eigenvalue weighted by Gasteiger charge is 2.27. The lowest BCUT2D eigenvalue weighted by Gasteiger charge is -2.12. The van der Waals surface area contributed by atoms with Crippen LogP contribution >= 0.6 is 11.6 Å². The predicted octanol–water partition coefficient (Wildman–Crippen LogP) is 2.37. The van der Waals surface area contributed by atoms with Crippen LogP contribution in [0, 0.1) is 0 Å². The summed E-state index contributed by atoms with van der Waals surface area (Å²) in [5.41, 5.74) is 0.900. The van der Waals surface area contributed by atoms with Crippen molar-refractivity contribution in [2.24, 2.45) is 0 Å². The Morgan fingerprint density at radius 2 is 2.15 bits per heavy atom. The van der Waals surface area contributed by atoms with Crippen LogP contribution in [0.25, 0.3) is 0 Å². The molecule has 1 aromatic carbocycles. The first-order chi connectivity index (χ1) is 9.65. The third-order valence-electron chi connectivity index (χ3n) is 2.97. The standard InChI is InChI=1S/C13H10ClN3O3/c14-8-2-1-3-10-11(8)9(6-20-10)17-13-15-4-7(5-16-13)12(18)19/h1-5,9H,6H2,(H,18,19)(H,15,16,17). The zero-order chi connectivity index (χ0) is 14.1. The number of benzene rings is 1. The molecule has 1 aromatic heterocycles. The Kier molecular flexibility index (Phi) is 3.15. The highest BCUT2D eigenvalue weighted by atomic mass is 35.5. The molecule has 0 bridgehead atoms. The molecule has 102 valence electrons. The molecule has 1 unspecified atom stereocenters. The molecule has 3 rings (SSSR count). The molecule has 2 heterocycles. The van der Waals surface area contributed by atoms with E-state index in [1.807, 2.05) is 12.1 Å². The van der Waals surface area contributed by atoms with Crippen LogP contribution in [0.3, 0.4) is 0 Å². The van der Waals surface area contributed by atoms with Gasteiger partial charge in [0.25, 0.3) is 0 Å². The Labute approximate surface area is 119 Å². The first-order valence-electron chi connectivity index (χ1n) is 5.88. The smallest absolute Gasteiger partial charge is 0.338 e. The van der Waals surface area contributed by atoms with Gasteiger partial charge in [0.05, 0.1) is 11.6 Å². The quantitative estimate of drug-likeness (QED) is 0.903. The van der Waals surface area contributed by atoms with Crippen molar-refractivity contribution in [1.82, 2.24) is 9.97 Å². The van der Waals surface area contributed by atoms with E-state index in [0.717, 1.165) is 11.3 Å². The van der Waals surface area contributed by atoms with Gasteiger partial charge >= 0.3 is 5.97 Å². The minimum absolute atomic E-state index is 0.0386. The molecule has 1 aliphatic rings. The van der Waals surface area contributed by atoms with Crippen LogP contribution in [-0.4, -0.2) is 27.7 Å². The maximum Gasteiger partial charge on any atom is 0.338 e. The molecule has 2 N–H and O–H groups in total. The normalized spacial score (nSPS) is 16.4. The maximum atomic E-state index is 10.7. The van der Waals surface area contributed by atoms with E-state index in [4.69, 9.17) is 21.4 Å². The van der Waals surface area contributed by atoms with Crippen LogP contribution in [0.5, 0.6) is 5.75 Å². The summed E-state index contributed by atoms with van der Waals surface area (Å²) in [6, 6.07) is 5.30. The van der Waals surface area contributed by atoms with Crippen LogP contribution < -0.4 is 10.1 Å². The topological polar surface area (TPSA) is 84.3 Å². The van der Waals surface area contributed by atoms with E-state index in [1.54, 1.807) is 6.07 Å². The summed E-state index contributed by atoms with van der Waals surface area (Å²) in [6.07, 6.45) is 2.50. The van der Waals surface area contributed by atoms with Gasteiger partial charge in [0, 0.05) is 23.0 Å². The summed E-state index contributed by atoms with van der Waals surface area (Å²) in [6.45, 7) is 0.420. The summed E-state index contributed by atoms with van der Waals surface area (Å²) in [5, 5.41) is 12.5. The molecule has 0 spiro atoms. The number of aromatic carboxylic acids is 1. The van der Waals surface area contributed by atoms with Crippen molar-refractivity contribution in [3.05, 3.63) is 46.7 Å². The van der Waals surface area contributed by atoms with Crippen LogP contribution in [0.2, 0.25) is 5.02 Å². The van der Waals surface area contributed by atoms with E-state index < -0.39 is 5.97 Å². The molecule has 0 saturated carbocycles. The largest absolute Gasteiger partial charge is 0.491 e. The average Bonchev–Trinajstić information content (AvgIpc) is 2.84. The monoisotopic (exact) mass is 291 g/mol. The Bertz CT molecular complexity index is 660. The molecule has 1 aliphatic heterocycles. The molecule has 2 aromatic rings. The molecule has 0 fully saturated rings. The fourth-order valence-corrected chi connectivity index (χ4v) is 2.32. The second-order valence-corrected chi connectivity index (χ2v) is 4.67. The Morgan fingerprint density at radius 3 is 2.85 bits per heavy atom. The van der Waals surface area contributed by atoms with Crippen LogP contribution in [0.4, 0.5) is 5.95 Å². The van der Waals surface area contributed by atoms with Crippen LogP contribution in [-0.2, 0) is 0 Å². The SMILES string of the molecule is O=C(O)c1cnc(NC2COc3cccc(Cl)c32)nc1. The summed E-state index contributed by atoms with van der Waals surface area (Å²) < 4.78 is 5.53. The van der Waals surface area contributed by atoms with Gasteiger partial charge < -0.3 is 15.2 Å². The van der Waals surface area contributed by atoms with Crippen LogP contribution in [0.1, 0.15) is 22.0 Å². The highest BCUT2D eigenvalue weighted by molar-refractivity contribution is 6.31. The lowest BCUT2D eigenvalue weighted by molar-refractivity contribution is 0.0696. The predicted molar refractivity (Wildman–Crippen MR) is 72.3 cm³/mol. The number of hydrogen-bond donors (Lipinski definition) is 2. The van der Waals surface area contributed by atoms with Gasteiger partial charge in [-0.1, -0.05) is 17.7 Å². The molecule has 20 heavy (non-hydrogen) atoms. The van der Waals surface area contributed by atoms with E-state index in [-0.39, 0.29) is 11.6 Å². The number of hydrogen-bond acceptors (Lipinski definition) is 5. The van der Waals surface area contributed by atoms with Crippen molar-refractivity contribution in [2.45, 2.75) is 6.04 Å². The van der Waals surface area contributed by atoms with Crippen molar-refractivity contribution < 1.29 is 14.6 Å². The van der Waals surface area contributed by atoms with Gasteiger partial charge in [-0.15, -0.1) is 0 Å². The second-order valence-electron chi connectivity index (χ2n) is 4.26. The van der Waals surface area contributed by atoms with Gasteiger partial charge in [-0.05, 0) is 12.1 Å². The highest BCUT2D eigenvalue weighted by Crippen LogP contribution is 2.38. The molecule has 0 radical (unpaired) electrons. The van der Waals surface area contributed by atoms with Crippen molar-refractivity contribution >= 4 is 23.5 Å². The fraction of sp³-hybridized carbons (Fsp3) is 0.154. The minimum Gasteiger partial charge on any atom is -0.491 e.